The lowest BCUT2D eigenvalue weighted by molar-refractivity contribution is -0.140. The van der Waals surface area contributed by atoms with Crippen LogP contribution in [-0.2, 0) is 15.8 Å². The largest absolute Gasteiger partial charge is 0.416 e. The van der Waals surface area contributed by atoms with E-state index in [2.05, 4.69) is 5.32 Å². The van der Waals surface area contributed by atoms with Gasteiger partial charge in [-0.05, 0) is 62.1 Å². The Labute approximate surface area is 162 Å². The van der Waals surface area contributed by atoms with Crippen molar-refractivity contribution in [1.82, 2.24) is 10.2 Å². The second-order valence-corrected chi connectivity index (χ2v) is 8.37. The van der Waals surface area contributed by atoms with Crippen molar-refractivity contribution in [3.05, 3.63) is 35.4 Å². The molecule has 2 atom stereocenters. The molecular formula is C21H25F3N2O2. The second-order valence-electron chi connectivity index (χ2n) is 8.37. The van der Waals surface area contributed by atoms with Crippen LogP contribution in [0.15, 0.2) is 24.3 Å². The molecule has 3 aliphatic rings. The van der Waals surface area contributed by atoms with Gasteiger partial charge in [-0.25, -0.2) is 0 Å². The van der Waals surface area contributed by atoms with Crippen molar-refractivity contribution in [3.63, 3.8) is 0 Å². The van der Waals surface area contributed by atoms with Gasteiger partial charge in [0.05, 0.1) is 17.5 Å². The minimum atomic E-state index is -4.42. The number of alkyl halides is 3. The molecule has 0 aromatic heterocycles. The first kappa shape index (κ1) is 19.3. The molecule has 2 amide bonds. The van der Waals surface area contributed by atoms with Gasteiger partial charge in [0.25, 0.3) is 0 Å². The molecule has 2 aliphatic carbocycles. The summed E-state index contributed by atoms with van der Waals surface area (Å²) in [6, 6.07) is 4.84. The summed E-state index contributed by atoms with van der Waals surface area (Å²) in [5, 5.41) is 2.98. The molecule has 1 saturated heterocycles. The van der Waals surface area contributed by atoms with Crippen LogP contribution < -0.4 is 5.32 Å². The Morgan fingerprint density at radius 2 is 1.75 bits per heavy atom. The minimum absolute atomic E-state index is 0.0258. The fourth-order valence-electron chi connectivity index (χ4n) is 3.97. The first-order chi connectivity index (χ1) is 13.3. The average molecular weight is 394 g/mol. The molecule has 1 heterocycles. The Kier molecular flexibility index (Phi) is 5.10. The van der Waals surface area contributed by atoms with Crippen LogP contribution in [0.25, 0.3) is 0 Å². The zero-order valence-corrected chi connectivity index (χ0v) is 15.7. The molecule has 152 valence electrons. The highest BCUT2D eigenvalue weighted by Crippen LogP contribution is 2.40. The van der Waals surface area contributed by atoms with Gasteiger partial charge in [0, 0.05) is 19.0 Å². The molecule has 2 saturated carbocycles. The number of halogens is 3. The number of nitrogens with zero attached hydrogens (tertiary/aromatic N) is 1. The number of hydrogen-bond acceptors (Lipinski definition) is 2. The van der Waals surface area contributed by atoms with E-state index >= 15 is 0 Å². The van der Waals surface area contributed by atoms with Crippen molar-refractivity contribution in [2.45, 2.75) is 50.7 Å². The number of benzene rings is 1. The highest BCUT2D eigenvalue weighted by atomic mass is 19.4. The maximum Gasteiger partial charge on any atom is 0.416 e. The molecule has 7 heteroatoms. The number of hydrogen-bond donors (Lipinski definition) is 1. The van der Waals surface area contributed by atoms with Crippen LogP contribution in [0.1, 0.15) is 55.7 Å². The smallest absolute Gasteiger partial charge is 0.356 e. The first-order valence-electron chi connectivity index (χ1n) is 10.1. The maximum absolute atomic E-state index is 13.1. The highest BCUT2D eigenvalue weighted by molar-refractivity contribution is 5.84. The van der Waals surface area contributed by atoms with E-state index in [1.54, 1.807) is 11.0 Å². The summed E-state index contributed by atoms with van der Waals surface area (Å²) in [4.78, 5) is 27.0. The number of likely N-dealkylation sites (tertiary alicyclic amines) is 1. The normalized spacial score (nSPS) is 25.5. The summed E-state index contributed by atoms with van der Waals surface area (Å²) in [7, 11) is 0. The lowest BCUT2D eigenvalue weighted by Gasteiger charge is -2.40. The molecule has 0 spiro atoms. The van der Waals surface area contributed by atoms with Gasteiger partial charge in [0.2, 0.25) is 11.8 Å². The van der Waals surface area contributed by atoms with Crippen LogP contribution in [0, 0.1) is 17.8 Å². The van der Waals surface area contributed by atoms with Crippen LogP contribution in [0.2, 0.25) is 0 Å². The monoisotopic (exact) mass is 394 g/mol. The predicted octanol–water partition coefficient (Wildman–Crippen LogP) is 3.92. The molecule has 3 fully saturated rings. The summed E-state index contributed by atoms with van der Waals surface area (Å²) in [5.74, 6) is 0.185. The van der Waals surface area contributed by atoms with Gasteiger partial charge in [-0.2, -0.15) is 13.2 Å². The third-order valence-electron chi connectivity index (χ3n) is 6.02. The van der Waals surface area contributed by atoms with Crippen LogP contribution in [0.5, 0.6) is 0 Å². The fourth-order valence-corrected chi connectivity index (χ4v) is 3.97. The van der Waals surface area contributed by atoms with Crippen molar-refractivity contribution in [2.75, 3.05) is 13.1 Å². The topological polar surface area (TPSA) is 49.4 Å². The summed E-state index contributed by atoms with van der Waals surface area (Å²) in [6.45, 7) is 0.968. The van der Waals surface area contributed by atoms with Crippen molar-refractivity contribution in [1.29, 1.82) is 0 Å². The van der Waals surface area contributed by atoms with Gasteiger partial charge in [-0.3, -0.25) is 9.59 Å². The molecule has 1 aromatic carbocycles. The molecule has 2 unspecified atom stereocenters. The maximum atomic E-state index is 13.1. The van der Waals surface area contributed by atoms with E-state index in [0.29, 0.717) is 30.9 Å². The standard InChI is InChI=1S/C21H25F3N2O2/c22-21(23,24)17-3-1-2-15(10-17)18-9-8-16(19(27)25-11-13-4-5-13)12-26(18)20(28)14-6-7-14/h1-3,10,13-14,16,18H,4-9,11-12H2,(H,25,27). The zero-order chi connectivity index (χ0) is 19.9. The van der Waals surface area contributed by atoms with Crippen molar-refractivity contribution >= 4 is 11.8 Å². The van der Waals surface area contributed by atoms with Gasteiger partial charge >= 0.3 is 6.18 Å². The SMILES string of the molecule is O=C(NCC1CC1)C1CCC(c2cccc(C(F)(F)F)c2)N(C(=O)C2CC2)C1. The Balaban J connectivity index is 1.51. The lowest BCUT2D eigenvalue weighted by atomic mass is 9.87. The van der Waals surface area contributed by atoms with E-state index in [4.69, 9.17) is 0 Å². The number of amides is 2. The van der Waals surface area contributed by atoms with E-state index in [0.717, 1.165) is 37.8 Å². The number of piperidine rings is 1. The number of rotatable bonds is 5. The molecule has 0 radical (unpaired) electrons. The van der Waals surface area contributed by atoms with Crippen molar-refractivity contribution in [3.8, 4) is 0 Å². The third-order valence-corrected chi connectivity index (χ3v) is 6.02. The molecular weight excluding hydrogens is 369 g/mol. The van der Waals surface area contributed by atoms with Gasteiger partial charge in [-0.15, -0.1) is 0 Å². The number of carbonyl (C=O) groups excluding carboxylic acids is 2. The molecule has 28 heavy (non-hydrogen) atoms. The minimum Gasteiger partial charge on any atom is -0.356 e. The van der Waals surface area contributed by atoms with Gasteiger partial charge in [0.15, 0.2) is 0 Å². The summed E-state index contributed by atoms with van der Waals surface area (Å²) >= 11 is 0. The Morgan fingerprint density at radius 3 is 2.39 bits per heavy atom. The summed E-state index contributed by atoms with van der Waals surface area (Å²) in [5.41, 5.74) is -0.200. The summed E-state index contributed by atoms with van der Waals surface area (Å²) < 4.78 is 39.4. The second kappa shape index (κ2) is 7.41. The number of nitrogens with one attached hydrogen (secondary N) is 1. The quantitative estimate of drug-likeness (QED) is 0.823. The zero-order valence-electron chi connectivity index (χ0n) is 15.7. The van der Waals surface area contributed by atoms with Crippen LogP contribution in [-0.4, -0.2) is 29.8 Å². The van der Waals surface area contributed by atoms with E-state index in [9.17, 15) is 22.8 Å². The first-order valence-corrected chi connectivity index (χ1v) is 10.1. The van der Waals surface area contributed by atoms with Crippen molar-refractivity contribution in [2.24, 2.45) is 17.8 Å². The van der Waals surface area contributed by atoms with Crippen LogP contribution in [0.4, 0.5) is 13.2 Å². The van der Waals surface area contributed by atoms with Gasteiger partial charge < -0.3 is 10.2 Å². The van der Waals surface area contributed by atoms with Crippen LogP contribution >= 0.6 is 0 Å². The average Bonchev–Trinajstić information content (AvgIpc) is 3.57. The predicted molar refractivity (Wildman–Crippen MR) is 97.1 cm³/mol. The number of carbonyl (C=O) groups is 2. The Morgan fingerprint density at radius 1 is 1.04 bits per heavy atom. The van der Waals surface area contributed by atoms with E-state index in [1.807, 2.05) is 0 Å². The molecule has 1 aromatic rings. The molecule has 1 aliphatic heterocycles. The van der Waals surface area contributed by atoms with E-state index < -0.39 is 17.8 Å². The molecule has 0 bridgehead atoms. The molecule has 1 N–H and O–H groups in total. The van der Waals surface area contributed by atoms with E-state index in [-0.39, 0.29) is 30.2 Å². The van der Waals surface area contributed by atoms with Crippen molar-refractivity contribution < 1.29 is 22.8 Å². The molecule has 4 nitrogen and oxygen atoms in total. The van der Waals surface area contributed by atoms with E-state index in [1.165, 1.54) is 6.07 Å². The van der Waals surface area contributed by atoms with Gasteiger partial charge in [-0.1, -0.05) is 12.1 Å². The highest BCUT2D eigenvalue weighted by Gasteiger charge is 2.42. The summed E-state index contributed by atoms with van der Waals surface area (Å²) in [6.07, 6.45) is 0.602. The lowest BCUT2D eigenvalue weighted by Crippen LogP contribution is -2.47. The fraction of sp³-hybridized carbons (Fsp3) is 0.619. The van der Waals surface area contributed by atoms with Gasteiger partial charge in [0.1, 0.15) is 0 Å². The molecule has 4 rings (SSSR count). The Bertz CT molecular complexity index is 756. The third kappa shape index (κ3) is 4.33. The van der Waals surface area contributed by atoms with Crippen LogP contribution in [0.3, 0.4) is 0 Å². The Hall–Kier alpha value is -2.05.